The third-order valence-electron chi connectivity index (χ3n) is 5.20. The van der Waals surface area contributed by atoms with Crippen molar-refractivity contribution in [3.8, 4) is 0 Å². The molecule has 4 N–H and O–H groups in total. The Balaban J connectivity index is 1.30. The van der Waals surface area contributed by atoms with E-state index in [2.05, 4.69) is 31.7 Å². The number of nitrogens with zero attached hydrogens (tertiary/aromatic N) is 2. The molecule has 8 nitrogen and oxygen atoms in total. The zero-order chi connectivity index (χ0) is 27.5. The summed E-state index contributed by atoms with van der Waals surface area (Å²) in [5, 5.41) is 14.7. The molecule has 0 fully saturated rings. The number of sulfone groups is 1. The smallest absolute Gasteiger partial charge is 0.206 e. The molecule has 4 aromatic rings. The molecule has 39 heavy (non-hydrogen) atoms. The molecule has 4 aromatic carbocycles. The number of rotatable bonds is 8. The fraction of sp³-hybridized carbons (Fsp3) is 0. The molecule has 4 rings (SSSR count). The minimum absolute atomic E-state index is 0.155. The fourth-order valence-corrected chi connectivity index (χ4v) is 4.90. The Kier molecular flexibility index (Phi) is 9.46. The van der Waals surface area contributed by atoms with Gasteiger partial charge in [-0.2, -0.15) is 10.2 Å². The normalized spacial score (nSPS) is 11.3. The number of nitrogens with one attached hydrogen (secondary N) is 4. The van der Waals surface area contributed by atoms with Crippen molar-refractivity contribution in [3.05, 3.63) is 120 Å². The van der Waals surface area contributed by atoms with Crippen LogP contribution in [0.1, 0.15) is 11.1 Å². The van der Waals surface area contributed by atoms with E-state index in [-0.39, 0.29) is 20.0 Å². The van der Waals surface area contributed by atoms with Crippen molar-refractivity contribution in [1.82, 2.24) is 10.9 Å². The molecule has 196 valence electrons. The highest BCUT2D eigenvalue weighted by molar-refractivity contribution is 7.91. The Morgan fingerprint density at radius 2 is 0.923 bits per heavy atom. The Morgan fingerprint density at radius 3 is 1.28 bits per heavy atom. The molecule has 0 aliphatic carbocycles. The van der Waals surface area contributed by atoms with Crippen LogP contribution in [-0.4, -0.2) is 31.1 Å². The average Bonchev–Trinajstić information content (AvgIpc) is 2.95. The molecule has 0 aromatic heterocycles. The van der Waals surface area contributed by atoms with Gasteiger partial charge in [-0.15, -0.1) is 0 Å². The minimum atomic E-state index is -3.72. The largest absolute Gasteiger partial charge is 0.331 e. The highest BCUT2D eigenvalue weighted by Gasteiger charge is 2.17. The number of thiocarbonyl (C=S) groups is 2. The second-order valence-corrected chi connectivity index (χ2v) is 10.8. The topological polar surface area (TPSA) is 107 Å². The summed E-state index contributed by atoms with van der Waals surface area (Å²) in [5.74, 6) is 0. The number of anilines is 2. The molecule has 0 amide bonds. The Labute approximate surface area is 237 Å². The molecule has 11 heteroatoms. The van der Waals surface area contributed by atoms with Gasteiger partial charge in [0.1, 0.15) is 0 Å². The summed E-state index contributed by atoms with van der Waals surface area (Å²) < 4.78 is 26.2. The second-order valence-electron chi connectivity index (χ2n) is 8.02. The van der Waals surface area contributed by atoms with Crippen LogP contribution in [0.5, 0.6) is 0 Å². The van der Waals surface area contributed by atoms with Gasteiger partial charge >= 0.3 is 0 Å². The van der Waals surface area contributed by atoms with Gasteiger partial charge < -0.3 is 10.6 Å². The molecule has 0 unspecified atom stereocenters. The molecule has 0 bridgehead atoms. The zero-order valence-corrected chi connectivity index (χ0v) is 22.9. The Morgan fingerprint density at radius 1 is 0.564 bits per heavy atom. The van der Waals surface area contributed by atoms with E-state index >= 15 is 0 Å². The number of hydrogen-bond acceptors (Lipinski definition) is 6. The van der Waals surface area contributed by atoms with Gasteiger partial charge in [-0.3, -0.25) is 10.9 Å². The summed E-state index contributed by atoms with van der Waals surface area (Å²) in [6.07, 6.45) is 3.29. The molecule has 0 atom stereocenters. The minimum Gasteiger partial charge on any atom is -0.331 e. The van der Waals surface area contributed by atoms with Crippen molar-refractivity contribution in [1.29, 1.82) is 0 Å². The molecule has 0 heterocycles. The lowest BCUT2D eigenvalue weighted by Gasteiger charge is -2.10. The maximum Gasteiger partial charge on any atom is 0.206 e. The van der Waals surface area contributed by atoms with E-state index in [0.29, 0.717) is 11.4 Å². The molecule has 0 saturated carbocycles. The highest BCUT2D eigenvalue weighted by atomic mass is 32.2. The van der Waals surface area contributed by atoms with E-state index in [1.54, 1.807) is 36.7 Å². The number of hydrazone groups is 2. The van der Waals surface area contributed by atoms with Gasteiger partial charge in [0, 0.05) is 11.4 Å². The third-order valence-corrected chi connectivity index (χ3v) is 7.38. The summed E-state index contributed by atoms with van der Waals surface area (Å²) in [5.41, 5.74) is 8.57. The molecule has 0 aliphatic rings. The zero-order valence-electron chi connectivity index (χ0n) is 20.5. The molecule has 0 radical (unpaired) electrons. The van der Waals surface area contributed by atoms with E-state index < -0.39 is 9.84 Å². The van der Waals surface area contributed by atoms with Crippen molar-refractivity contribution in [2.24, 2.45) is 10.2 Å². The van der Waals surface area contributed by atoms with Gasteiger partial charge in [0.2, 0.25) is 9.84 Å². The monoisotopic (exact) mass is 572 g/mol. The van der Waals surface area contributed by atoms with Crippen LogP contribution >= 0.6 is 24.4 Å². The van der Waals surface area contributed by atoms with Crippen LogP contribution in [0.25, 0.3) is 0 Å². The average molecular weight is 573 g/mol. The van der Waals surface area contributed by atoms with Crippen LogP contribution in [0, 0.1) is 0 Å². The van der Waals surface area contributed by atoms with Gasteiger partial charge in [-0.05, 0) is 84.1 Å². The number of hydrogen-bond donors (Lipinski definition) is 4. The van der Waals surface area contributed by atoms with E-state index in [0.717, 1.165) is 11.1 Å². The lowest BCUT2D eigenvalue weighted by molar-refractivity contribution is 0.596. The van der Waals surface area contributed by atoms with Crippen LogP contribution in [0.3, 0.4) is 0 Å². The van der Waals surface area contributed by atoms with Gasteiger partial charge in [0.15, 0.2) is 10.2 Å². The SMILES string of the molecule is O=S(=O)(c1ccc(NC(=S)N/N=C\c2ccccc2)cc1)c1ccc(NC(=S)N/N=C\c2ccccc2)cc1. The van der Waals surface area contributed by atoms with Crippen molar-refractivity contribution >= 4 is 68.3 Å². The number of benzene rings is 4. The quantitative estimate of drug-likeness (QED) is 0.130. The van der Waals surface area contributed by atoms with Crippen LogP contribution < -0.4 is 21.5 Å². The fourth-order valence-electron chi connectivity index (χ4n) is 3.30. The van der Waals surface area contributed by atoms with Crippen molar-refractivity contribution in [2.45, 2.75) is 9.79 Å². The molecule has 0 saturated heterocycles. The Hall–Kier alpha value is -4.45. The molecular weight excluding hydrogens is 549 g/mol. The van der Waals surface area contributed by atoms with Gasteiger partial charge in [-0.1, -0.05) is 60.7 Å². The van der Waals surface area contributed by atoms with E-state index in [1.165, 1.54) is 24.3 Å². The van der Waals surface area contributed by atoms with E-state index in [9.17, 15) is 8.42 Å². The lowest BCUT2D eigenvalue weighted by atomic mass is 10.2. The first-order valence-corrected chi connectivity index (χ1v) is 14.0. The predicted molar refractivity (Wildman–Crippen MR) is 165 cm³/mol. The predicted octanol–water partition coefficient (Wildman–Crippen LogP) is 5.16. The van der Waals surface area contributed by atoms with Crippen LogP contribution in [0.15, 0.2) is 129 Å². The standard InChI is InChI=1S/C28H24N6O2S3/c35-39(36,25-15-11-23(12-16-25)31-27(37)33-29-19-21-7-3-1-4-8-21)26-17-13-24(14-18-26)32-28(38)34-30-20-22-9-5-2-6-10-22/h1-20H,(H2,31,33,37)(H2,32,34,38)/b29-19-,30-20-. The van der Waals surface area contributed by atoms with Gasteiger partial charge in [-0.25, -0.2) is 8.42 Å². The van der Waals surface area contributed by atoms with Crippen LogP contribution in [0.2, 0.25) is 0 Å². The lowest BCUT2D eigenvalue weighted by Crippen LogP contribution is -2.23. The summed E-state index contributed by atoms with van der Waals surface area (Å²) in [7, 11) is -3.72. The highest BCUT2D eigenvalue weighted by Crippen LogP contribution is 2.23. The van der Waals surface area contributed by atoms with Gasteiger partial charge in [0.05, 0.1) is 22.2 Å². The summed E-state index contributed by atoms with van der Waals surface area (Å²) in [6, 6.07) is 31.8. The van der Waals surface area contributed by atoms with E-state index in [1.807, 2.05) is 60.7 Å². The third kappa shape index (κ3) is 8.27. The van der Waals surface area contributed by atoms with E-state index in [4.69, 9.17) is 24.4 Å². The molecular formula is C28H24N6O2S3. The molecule has 0 aliphatic heterocycles. The second kappa shape index (κ2) is 13.4. The first-order chi connectivity index (χ1) is 18.9. The summed E-state index contributed by atoms with van der Waals surface area (Å²) >= 11 is 10.5. The van der Waals surface area contributed by atoms with Gasteiger partial charge in [0.25, 0.3) is 0 Å². The van der Waals surface area contributed by atoms with Crippen molar-refractivity contribution < 1.29 is 8.42 Å². The first kappa shape index (κ1) is 27.6. The van der Waals surface area contributed by atoms with Crippen molar-refractivity contribution in [3.63, 3.8) is 0 Å². The summed E-state index contributed by atoms with van der Waals surface area (Å²) in [4.78, 5) is 0.310. The maximum atomic E-state index is 13.1. The first-order valence-electron chi connectivity index (χ1n) is 11.7. The van der Waals surface area contributed by atoms with Crippen LogP contribution in [-0.2, 0) is 9.84 Å². The van der Waals surface area contributed by atoms with Crippen molar-refractivity contribution in [2.75, 3.05) is 10.6 Å². The maximum absolute atomic E-state index is 13.1. The summed E-state index contributed by atoms with van der Waals surface area (Å²) in [6.45, 7) is 0. The van der Waals surface area contributed by atoms with Crippen LogP contribution in [0.4, 0.5) is 11.4 Å². The Bertz CT molecular complexity index is 1460. The molecule has 0 spiro atoms.